The van der Waals surface area contributed by atoms with Gasteiger partial charge in [-0.25, -0.2) is 0 Å². The van der Waals surface area contributed by atoms with Crippen molar-refractivity contribution in [2.24, 2.45) is 0 Å². The lowest BCUT2D eigenvalue weighted by atomic mass is 9.96. The Hall–Kier alpha value is -2.88. The van der Waals surface area contributed by atoms with Gasteiger partial charge in [0.15, 0.2) is 0 Å². The SMILES string of the molecule is Oc1ccc(O)c(-c2c(O)ccc3ccc(O)cc23)c1. The summed E-state index contributed by atoms with van der Waals surface area (Å²) in [5, 5.41) is 40.6. The molecule has 20 heavy (non-hydrogen) atoms. The molecule has 3 aromatic rings. The van der Waals surface area contributed by atoms with E-state index in [4.69, 9.17) is 0 Å². The third-order valence-electron chi connectivity index (χ3n) is 3.23. The predicted molar refractivity (Wildman–Crippen MR) is 76.0 cm³/mol. The summed E-state index contributed by atoms with van der Waals surface area (Å²) in [5.41, 5.74) is 0.672. The van der Waals surface area contributed by atoms with Crippen molar-refractivity contribution < 1.29 is 20.4 Å². The molecular formula is C16H12O4. The molecule has 0 radical (unpaired) electrons. The van der Waals surface area contributed by atoms with Crippen LogP contribution in [0.25, 0.3) is 21.9 Å². The van der Waals surface area contributed by atoms with Crippen LogP contribution in [-0.2, 0) is 0 Å². The first-order valence-electron chi connectivity index (χ1n) is 6.03. The molecule has 0 aliphatic rings. The molecule has 4 nitrogen and oxygen atoms in total. The van der Waals surface area contributed by atoms with E-state index in [2.05, 4.69) is 0 Å². The molecule has 4 N–H and O–H groups in total. The zero-order valence-electron chi connectivity index (χ0n) is 10.4. The first kappa shape index (κ1) is 12.2. The first-order chi connectivity index (χ1) is 9.56. The number of phenolic OH excluding ortho intramolecular Hbond substituents is 4. The van der Waals surface area contributed by atoms with Gasteiger partial charge in [0.05, 0.1) is 0 Å². The number of phenols is 4. The van der Waals surface area contributed by atoms with Crippen molar-refractivity contribution in [3.8, 4) is 34.1 Å². The van der Waals surface area contributed by atoms with Crippen molar-refractivity contribution in [1.29, 1.82) is 0 Å². The Morgan fingerprint density at radius 2 is 1.20 bits per heavy atom. The Kier molecular flexibility index (Phi) is 2.64. The van der Waals surface area contributed by atoms with Crippen molar-refractivity contribution >= 4 is 10.8 Å². The van der Waals surface area contributed by atoms with E-state index in [9.17, 15) is 20.4 Å². The Labute approximate surface area is 114 Å². The number of fused-ring (bicyclic) bond motifs is 1. The van der Waals surface area contributed by atoms with Crippen LogP contribution in [-0.4, -0.2) is 20.4 Å². The number of benzene rings is 3. The topological polar surface area (TPSA) is 80.9 Å². The lowest BCUT2D eigenvalue weighted by molar-refractivity contribution is 0.459. The minimum Gasteiger partial charge on any atom is -0.508 e. The third kappa shape index (κ3) is 1.87. The van der Waals surface area contributed by atoms with Crippen molar-refractivity contribution in [3.63, 3.8) is 0 Å². The van der Waals surface area contributed by atoms with Crippen LogP contribution in [0, 0.1) is 0 Å². The van der Waals surface area contributed by atoms with E-state index in [1.54, 1.807) is 18.2 Å². The lowest BCUT2D eigenvalue weighted by Gasteiger charge is -2.11. The van der Waals surface area contributed by atoms with E-state index in [0.717, 1.165) is 5.39 Å². The van der Waals surface area contributed by atoms with Gasteiger partial charge < -0.3 is 20.4 Å². The quantitative estimate of drug-likeness (QED) is 0.510. The fraction of sp³-hybridized carbons (Fsp3) is 0. The predicted octanol–water partition coefficient (Wildman–Crippen LogP) is 3.33. The average Bonchev–Trinajstić information content (AvgIpc) is 2.42. The maximum absolute atomic E-state index is 10.1. The Morgan fingerprint density at radius 1 is 0.600 bits per heavy atom. The van der Waals surface area contributed by atoms with Crippen LogP contribution in [0.2, 0.25) is 0 Å². The van der Waals surface area contributed by atoms with Crippen molar-refractivity contribution in [2.45, 2.75) is 0 Å². The average molecular weight is 268 g/mol. The fourth-order valence-electron chi connectivity index (χ4n) is 2.30. The molecule has 100 valence electrons. The standard InChI is InChI=1S/C16H12O4/c17-10-3-1-9-2-5-15(20)16(12(9)7-10)13-8-11(18)4-6-14(13)19/h1-8,17-20H. The largest absolute Gasteiger partial charge is 0.508 e. The Morgan fingerprint density at radius 3 is 2.00 bits per heavy atom. The maximum Gasteiger partial charge on any atom is 0.124 e. The maximum atomic E-state index is 10.1. The van der Waals surface area contributed by atoms with E-state index in [1.807, 2.05) is 0 Å². The van der Waals surface area contributed by atoms with Gasteiger partial charge in [-0.15, -0.1) is 0 Å². The summed E-state index contributed by atoms with van der Waals surface area (Å²) >= 11 is 0. The second kappa shape index (κ2) is 4.35. The molecule has 0 aliphatic heterocycles. The highest BCUT2D eigenvalue weighted by atomic mass is 16.3. The third-order valence-corrected chi connectivity index (χ3v) is 3.23. The van der Waals surface area contributed by atoms with E-state index in [-0.39, 0.29) is 23.0 Å². The summed E-state index contributed by atoms with van der Waals surface area (Å²) < 4.78 is 0. The number of rotatable bonds is 1. The molecule has 0 aromatic heterocycles. The molecule has 4 heteroatoms. The number of hydrogen-bond acceptors (Lipinski definition) is 4. The van der Waals surface area contributed by atoms with Crippen molar-refractivity contribution in [1.82, 2.24) is 0 Å². The Balaban J connectivity index is 2.43. The van der Waals surface area contributed by atoms with Gasteiger partial charge in [0.25, 0.3) is 0 Å². The van der Waals surface area contributed by atoms with E-state index < -0.39 is 0 Å². The van der Waals surface area contributed by atoms with Crippen LogP contribution in [0.3, 0.4) is 0 Å². The zero-order chi connectivity index (χ0) is 14.3. The van der Waals surface area contributed by atoms with E-state index in [1.165, 1.54) is 30.3 Å². The summed E-state index contributed by atoms with van der Waals surface area (Å²) in [6.07, 6.45) is 0. The Bertz CT molecular complexity index is 804. The van der Waals surface area contributed by atoms with Crippen LogP contribution in [0.5, 0.6) is 23.0 Å². The van der Waals surface area contributed by atoms with Crippen LogP contribution in [0.15, 0.2) is 48.5 Å². The summed E-state index contributed by atoms with van der Waals surface area (Å²) in [4.78, 5) is 0. The van der Waals surface area contributed by atoms with Crippen LogP contribution < -0.4 is 0 Å². The molecule has 3 aromatic carbocycles. The highest BCUT2D eigenvalue weighted by molar-refractivity contribution is 6.01. The van der Waals surface area contributed by atoms with Crippen molar-refractivity contribution in [3.05, 3.63) is 48.5 Å². The van der Waals surface area contributed by atoms with Gasteiger partial charge >= 0.3 is 0 Å². The van der Waals surface area contributed by atoms with Gasteiger partial charge in [-0.3, -0.25) is 0 Å². The normalized spacial score (nSPS) is 10.8. The molecule has 0 saturated heterocycles. The van der Waals surface area contributed by atoms with Gasteiger partial charge in [0, 0.05) is 11.1 Å². The van der Waals surface area contributed by atoms with Crippen molar-refractivity contribution in [2.75, 3.05) is 0 Å². The molecular weight excluding hydrogens is 256 g/mol. The van der Waals surface area contributed by atoms with Gasteiger partial charge in [-0.2, -0.15) is 0 Å². The van der Waals surface area contributed by atoms with Crippen LogP contribution >= 0.6 is 0 Å². The number of hydrogen-bond donors (Lipinski definition) is 4. The van der Waals surface area contributed by atoms with Gasteiger partial charge in [0.1, 0.15) is 23.0 Å². The summed E-state index contributed by atoms with van der Waals surface area (Å²) in [6.45, 7) is 0. The first-order valence-corrected chi connectivity index (χ1v) is 6.03. The lowest BCUT2D eigenvalue weighted by Crippen LogP contribution is -1.84. The molecule has 3 rings (SSSR count). The highest BCUT2D eigenvalue weighted by Crippen LogP contribution is 2.42. The summed E-state index contributed by atoms with van der Waals surface area (Å²) in [6, 6.07) is 12.1. The summed E-state index contributed by atoms with van der Waals surface area (Å²) in [5.74, 6) is -0.0590. The smallest absolute Gasteiger partial charge is 0.124 e. The molecule has 0 heterocycles. The highest BCUT2D eigenvalue weighted by Gasteiger charge is 2.14. The molecule has 0 atom stereocenters. The molecule has 0 unspecified atom stereocenters. The molecule has 0 aliphatic carbocycles. The number of aromatic hydroxyl groups is 4. The van der Waals surface area contributed by atoms with Crippen LogP contribution in [0.1, 0.15) is 0 Å². The van der Waals surface area contributed by atoms with Gasteiger partial charge in [-0.1, -0.05) is 12.1 Å². The van der Waals surface area contributed by atoms with E-state index >= 15 is 0 Å². The fourth-order valence-corrected chi connectivity index (χ4v) is 2.30. The molecule has 0 saturated carbocycles. The van der Waals surface area contributed by atoms with Gasteiger partial charge in [0.2, 0.25) is 0 Å². The zero-order valence-corrected chi connectivity index (χ0v) is 10.4. The second-order valence-corrected chi connectivity index (χ2v) is 4.57. The minimum atomic E-state index is -0.0612. The van der Waals surface area contributed by atoms with Gasteiger partial charge in [-0.05, 0) is 47.2 Å². The molecule has 0 amide bonds. The van der Waals surface area contributed by atoms with Crippen LogP contribution in [0.4, 0.5) is 0 Å². The molecule has 0 fully saturated rings. The van der Waals surface area contributed by atoms with E-state index in [0.29, 0.717) is 16.5 Å². The minimum absolute atomic E-state index is 0.0191. The summed E-state index contributed by atoms with van der Waals surface area (Å²) in [7, 11) is 0. The molecule has 0 bridgehead atoms. The second-order valence-electron chi connectivity index (χ2n) is 4.57. The molecule has 0 spiro atoms. The monoisotopic (exact) mass is 268 g/mol.